The van der Waals surface area contributed by atoms with Crippen LogP contribution in [0.25, 0.3) is 0 Å². The number of rotatable bonds is 12. The molecule has 4 heteroatoms. The quantitative estimate of drug-likeness (QED) is 0.424. The molecule has 0 atom stereocenters. The SMILES string of the molecule is CCC[CH2][Sn]([CH2]CCC)([CH2]CCC)[c]1cnc(OC(C)C)cn1. The van der Waals surface area contributed by atoms with Crippen LogP contribution >= 0.6 is 0 Å². The van der Waals surface area contributed by atoms with E-state index in [1.165, 1.54) is 55.5 Å². The topological polar surface area (TPSA) is 35.0 Å². The van der Waals surface area contributed by atoms with Gasteiger partial charge in [0.1, 0.15) is 0 Å². The van der Waals surface area contributed by atoms with Gasteiger partial charge < -0.3 is 0 Å². The van der Waals surface area contributed by atoms with E-state index in [4.69, 9.17) is 9.72 Å². The molecule has 132 valence electrons. The second-order valence-corrected chi connectivity index (χ2v) is 20.0. The van der Waals surface area contributed by atoms with Gasteiger partial charge in [-0.2, -0.15) is 0 Å². The first-order chi connectivity index (χ1) is 11.1. The molecule has 0 saturated carbocycles. The Morgan fingerprint density at radius 1 is 0.870 bits per heavy atom. The molecule has 23 heavy (non-hydrogen) atoms. The summed E-state index contributed by atoms with van der Waals surface area (Å²) < 4.78 is 11.4. The van der Waals surface area contributed by atoms with Gasteiger partial charge in [-0.3, -0.25) is 0 Å². The van der Waals surface area contributed by atoms with Gasteiger partial charge >= 0.3 is 148 Å². The van der Waals surface area contributed by atoms with Crippen LogP contribution in [0.4, 0.5) is 0 Å². The minimum atomic E-state index is -2.41. The Kier molecular flexibility index (Phi) is 10.2. The van der Waals surface area contributed by atoms with E-state index in [9.17, 15) is 0 Å². The molecule has 0 aliphatic heterocycles. The van der Waals surface area contributed by atoms with Gasteiger partial charge in [0.05, 0.1) is 0 Å². The zero-order valence-corrected chi connectivity index (χ0v) is 18.8. The van der Waals surface area contributed by atoms with Crippen LogP contribution in [-0.2, 0) is 0 Å². The Balaban J connectivity index is 3.02. The normalized spacial score (nSPS) is 11.9. The molecule has 0 N–H and O–H groups in total. The third-order valence-electron chi connectivity index (χ3n) is 4.55. The standard InChI is InChI=1S/C7H9N2O.3C4H9.Sn/c1-6(2)10-7-5-8-3-4-9-7;3*1-3-4-2;/h4-6H,1-2H3;3*1,3-4H2,2H3;. The molecule has 3 nitrogen and oxygen atoms in total. The molecule has 0 aliphatic rings. The van der Waals surface area contributed by atoms with Crippen LogP contribution in [0.3, 0.4) is 0 Å². The van der Waals surface area contributed by atoms with Crippen molar-refractivity contribution < 1.29 is 4.74 Å². The molecule has 0 spiro atoms. The van der Waals surface area contributed by atoms with Gasteiger partial charge in [-0.25, -0.2) is 0 Å². The second kappa shape index (κ2) is 11.3. The Morgan fingerprint density at radius 2 is 1.39 bits per heavy atom. The summed E-state index contributed by atoms with van der Waals surface area (Å²) in [5.74, 6) is 0.672. The first-order valence-electron chi connectivity index (χ1n) is 9.57. The summed E-state index contributed by atoms with van der Waals surface area (Å²) in [6.45, 7) is 11.0. The Bertz CT molecular complexity index is 398. The van der Waals surface area contributed by atoms with Crippen molar-refractivity contribution in [2.24, 2.45) is 0 Å². The van der Waals surface area contributed by atoms with Gasteiger partial charge in [0.2, 0.25) is 0 Å². The van der Waals surface area contributed by atoms with Gasteiger partial charge in [-0.05, 0) is 0 Å². The van der Waals surface area contributed by atoms with E-state index in [2.05, 4.69) is 32.0 Å². The zero-order chi connectivity index (χ0) is 17.1. The average molecular weight is 427 g/mol. The number of nitrogens with zero attached hydrogens (tertiary/aromatic N) is 2. The molecule has 0 radical (unpaired) electrons. The van der Waals surface area contributed by atoms with Crippen LogP contribution in [0.2, 0.25) is 13.3 Å². The maximum absolute atomic E-state index is 5.67. The fraction of sp³-hybridized carbons (Fsp3) is 0.789. The molecular formula is C19H36N2OSn. The van der Waals surface area contributed by atoms with Gasteiger partial charge in [0.15, 0.2) is 0 Å². The van der Waals surface area contributed by atoms with Crippen molar-refractivity contribution in [2.45, 2.75) is 92.6 Å². The summed E-state index contributed by atoms with van der Waals surface area (Å²) >= 11 is -2.41. The van der Waals surface area contributed by atoms with Crippen molar-refractivity contribution in [2.75, 3.05) is 0 Å². The Labute approximate surface area is 147 Å². The van der Waals surface area contributed by atoms with Gasteiger partial charge in [0.25, 0.3) is 0 Å². The van der Waals surface area contributed by atoms with E-state index in [0.717, 1.165) is 0 Å². The molecule has 0 fully saturated rings. The summed E-state index contributed by atoms with van der Waals surface area (Å²) in [5.41, 5.74) is 0. The van der Waals surface area contributed by atoms with E-state index >= 15 is 0 Å². The van der Waals surface area contributed by atoms with E-state index in [0.29, 0.717) is 5.88 Å². The van der Waals surface area contributed by atoms with Crippen molar-refractivity contribution in [1.82, 2.24) is 9.97 Å². The number of ether oxygens (including phenoxy) is 1. The maximum atomic E-state index is 5.67. The van der Waals surface area contributed by atoms with Crippen molar-refractivity contribution in [3.8, 4) is 5.88 Å². The summed E-state index contributed by atoms with van der Waals surface area (Å²) in [7, 11) is 0. The van der Waals surface area contributed by atoms with E-state index < -0.39 is 18.4 Å². The molecule has 0 saturated heterocycles. The van der Waals surface area contributed by atoms with E-state index in [1.807, 2.05) is 20.0 Å². The van der Waals surface area contributed by atoms with Crippen LogP contribution in [0.15, 0.2) is 12.4 Å². The summed E-state index contributed by atoms with van der Waals surface area (Å²) in [6.07, 6.45) is 12.0. The summed E-state index contributed by atoms with van der Waals surface area (Å²) in [6, 6.07) is 0. The first-order valence-corrected chi connectivity index (χ1v) is 17.0. The van der Waals surface area contributed by atoms with Crippen LogP contribution in [-0.4, -0.2) is 34.4 Å². The molecule has 1 heterocycles. The van der Waals surface area contributed by atoms with Crippen LogP contribution in [0, 0.1) is 0 Å². The van der Waals surface area contributed by atoms with Crippen molar-refractivity contribution in [3.63, 3.8) is 0 Å². The monoisotopic (exact) mass is 428 g/mol. The predicted molar refractivity (Wildman–Crippen MR) is 102 cm³/mol. The average Bonchev–Trinajstić information content (AvgIpc) is 2.55. The summed E-state index contributed by atoms with van der Waals surface area (Å²) in [5, 5.41) is 0. The molecule has 1 rings (SSSR count). The van der Waals surface area contributed by atoms with E-state index in [1.54, 1.807) is 0 Å². The van der Waals surface area contributed by atoms with Gasteiger partial charge in [-0.1, -0.05) is 0 Å². The number of aromatic nitrogens is 2. The fourth-order valence-electron chi connectivity index (χ4n) is 3.20. The van der Waals surface area contributed by atoms with Crippen molar-refractivity contribution in [1.29, 1.82) is 0 Å². The zero-order valence-electron chi connectivity index (χ0n) is 15.9. The minimum absolute atomic E-state index is 0.156. The molecule has 0 bridgehead atoms. The Morgan fingerprint density at radius 3 is 1.74 bits per heavy atom. The fourth-order valence-corrected chi connectivity index (χ4v) is 18.3. The third kappa shape index (κ3) is 6.98. The van der Waals surface area contributed by atoms with Crippen LogP contribution in [0.1, 0.15) is 73.1 Å². The van der Waals surface area contributed by atoms with Gasteiger partial charge in [-0.15, -0.1) is 0 Å². The summed E-state index contributed by atoms with van der Waals surface area (Å²) in [4.78, 5) is 9.45. The van der Waals surface area contributed by atoms with Crippen molar-refractivity contribution in [3.05, 3.63) is 12.4 Å². The number of unbranched alkanes of at least 4 members (excludes halogenated alkanes) is 3. The van der Waals surface area contributed by atoms with E-state index in [-0.39, 0.29) is 6.10 Å². The first kappa shape index (κ1) is 20.7. The molecule has 0 amide bonds. The Hall–Kier alpha value is -0.321. The predicted octanol–water partition coefficient (Wildman–Crippen LogP) is 5.32. The molecule has 0 aliphatic carbocycles. The van der Waals surface area contributed by atoms with Crippen LogP contribution < -0.4 is 8.45 Å². The van der Waals surface area contributed by atoms with Gasteiger partial charge in [0, 0.05) is 0 Å². The number of hydrogen-bond donors (Lipinski definition) is 0. The molecular weight excluding hydrogens is 391 g/mol. The molecule has 0 unspecified atom stereocenters. The van der Waals surface area contributed by atoms with Crippen molar-refractivity contribution >= 4 is 22.1 Å². The van der Waals surface area contributed by atoms with Crippen LogP contribution in [0.5, 0.6) is 5.88 Å². The number of hydrogen-bond acceptors (Lipinski definition) is 3. The molecule has 1 aromatic heterocycles. The molecule has 0 aromatic carbocycles. The second-order valence-electron chi connectivity index (χ2n) is 7.00. The molecule has 1 aromatic rings. The third-order valence-corrected chi connectivity index (χ3v) is 19.6.